The van der Waals surface area contributed by atoms with Crippen LogP contribution in [0.1, 0.15) is 25.7 Å². The maximum atomic E-state index is 12.3. The monoisotopic (exact) mass is 309 g/mol. The summed E-state index contributed by atoms with van der Waals surface area (Å²) in [5, 5.41) is 21.2. The number of rotatable bonds is 2. The van der Waals surface area contributed by atoms with Gasteiger partial charge in [0.1, 0.15) is 5.84 Å². The van der Waals surface area contributed by atoms with Crippen molar-refractivity contribution in [2.75, 3.05) is 26.7 Å². The molecule has 8 nitrogen and oxygen atoms in total. The Kier molecular flexibility index (Phi) is 4.05. The Bertz CT molecular complexity index is 489. The van der Waals surface area contributed by atoms with Crippen molar-refractivity contribution in [2.24, 2.45) is 5.92 Å². The van der Waals surface area contributed by atoms with Gasteiger partial charge in [0.2, 0.25) is 5.91 Å². The highest BCUT2D eigenvalue weighted by atomic mass is 16.5. The van der Waals surface area contributed by atoms with Crippen LogP contribution in [0.15, 0.2) is 0 Å². The van der Waals surface area contributed by atoms with Crippen LogP contribution in [0, 0.1) is 11.3 Å². The number of amides is 3. The van der Waals surface area contributed by atoms with Crippen molar-refractivity contribution in [2.45, 2.75) is 37.8 Å². The highest BCUT2D eigenvalue weighted by molar-refractivity contribution is 6.01. The van der Waals surface area contributed by atoms with E-state index in [9.17, 15) is 14.8 Å². The van der Waals surface area contributed by atoms with Gasteiger partial charge in [-0.15, -0.1) is 0 Å². The van der Waals surface area contributed by atoms with Crippen molar-refractivity contribution in [3.63, 3.8) is 0 Å². The summed E-state index contributed by atoms with van der Waals surface area (Å²) in [6, 6.07) is -1.08. The lowest BCUT2D eigenvalue weighted by Gasteiger charge is -2.32. The number of carbonyl (C=O) groups excluding carboxylic acids is 2. The summed E-state index contributed by atoms with van der Waals surface area (Å²) in [5.41, 5.74) is 0. The molecule has 3 aliphatic heterocycles. The van der Waals surface area contributed by atoms with Crippen LogP contribution in [0.2, 0.25) is 0 Å². The second-order valence-electron chi connectivity index (χ2n) is 6.51. The topological polar surface area (TPSA) is 100.0 Å². The van der Waals surface area contributed by atoms with Crippen molar-refractivity contribution in [1.82, 2.24) is 20.2 Å². The largest absolute Gasteiger partial charge is 0.344 e. The minimum absolute atomic E-state index is 0.0588. The molecule has 2 atom stereocenters. The number of nitrogens with zero attached hydrogens (tertiary/aromatic N) is 3. The zero-order valence-electron chi connectivity index (χ0n) is 12.8. The molecule has 0 aromatic carbocycles. The number of urea groups is 1. The van der Waals surface area contributed by atoms with Crippen molar-refractivity contribution >= 4 is 17.8 Å². The molecule has 0 radical (unpaired) electrons. The Morgan fingerprint density at radius 1 is 1.27 bits per heavy atom. The van der Waals surface area contributed by atoms with Gasteiger partial charge in [0.15, 0.2) is 0 Å². The molecule has 0 spiro atoms. The molecule has 0 saturated carbocycles. The number of likely N-dealkylation sites (tertiary alicyclic amines) is 1. The summed E-state index contributed by atoms with van der Waals surface area (Å²) in [4.78, 5) is 27.9. The first-order valence-corrected chi connectivity index (χ1v) is 7.84. The van der Waals surface area contributed by atoms with Crippen LogP contribution in [0.5, 0.6) is 0 Å². The molecule has 3 fully saturated rings. The molecular weight excluding hydrogens is 286 g/mol. The van der Waals surface area contributed by atoms with E-state index in [2.05, 4.69) is 10.2 Å². The lowest BCUT2D eigenvalue weighted by atomic mass is 9.95. The molecule has 3 heterocycles. The zero-order valence-corrected chi connectivity index (χ0v) is 12.8. The minimum Gasteiger partial charge on any atom is -0.313 e. The second-order valence-corrected chi connectivity index (χ2v) is 6.51. The number of hydrogen-bond acceptors (Lipinski definition) is 5. The van der Waals surface area contributed by atoms with Gasteiger partial charge in [-0.1, -0.05) is 0 Å². The molecule has 3 aliphatic rings. The standard InChI is InChI=1S/C14H23N5O3/c1-17-6-4-9(5-7-17)13(20)16-12(15)11-3-2-10-8-18(11)14(21)19(10)22/h9-11,22H,2-8H2,1H3,(H2,15,16,20)/t10-,11+/m1/s1. The predicted octanol–water partition coefficient (Wildman–Crippen LogP) is 0.0795. The lowest BCUT2D eigenvalue weighted by molar-refractivity contribution is -0.124. The van der Waals surface area contributed by atoms with E-state index in [1.807, 2.05) is 7.05 Å². The maximum absolute atomic E-state index is 12.3. The quantitative estimate of drug-likeness (QED) is 0.382. The van der Waals surface area contributed by atoms with Gasteiger partial charge in [0, 0.05) is 12.5 Å². The molecule has 3 N–H and O–H groups in total. The normalized spacial score (nSPS) is 29.8. The van der Waals surface area contributed by atoms with E-state index in [1.165, 1.54) is 4.90 Å². The average molecular weight is 309 g/mol. The highest BCUT2D eigenvalue weighted by Gasteiger charge is 2.46. The Labute approximate surface area is 129 Å². The molecule has 3 amide bonds. The summed E-state index contributed by atoms with van der Waals surface area (Å²) >= 11 is 0. The third-order valence-corrected chi connectivity index (χ3v) is 5.03. The van der Waals surface area contributed by atoms with Crippen molar-refractivity contribution in [3.05, 3.63) is 0 Å². The van der Waals surface area contributed by atoms with E-state index in [4.69, 9.17) is 5.41 Å². The van der Waals surface area contributed by atoms with Crippen LogP contribution < -0.4 is 5.32 Å². The minimum atomic E-state index is -0.467. The number of hydroxylamine groups is 2. The SMILES string of the molecule is CN1CCC(C(=O)NC(=N)[C@@H]2CC[C@@H]3CN2C(=O)N3O)CC1. The molecule has 0 aliphatic carbocycles. The molecule has 122 valence electrons. The Hall–Kier alpha value is -1.67. The number of fused-ring (bicyclic) bond motifs is 2. The van der Waals surface area contributed by atoms with Gasteiger partial charge in [-0.2, -0.15) is 0 Å². The van der Waals surface area contributed by atoms with E-state index >= 15 is 0 Å². The molecule has 3 saturated heterocycles. The molecule has 0 aromatic heterocycles. The number of hydrogen-bond donors (Lipinski definition) is 3. The highest BCUT2D eigenvalue weighted by Crippen LogP contribution is 2.28. The smallest absolute Gasteiger partial charge is 0.313 e. The molecule has 2 bridgehead atoms. The summed E-state index contributed by atoms with van der Waals surface area (Å²) < 4.78 is 0. The van der Waals surface area contributed by atoms with Gasteiger partial charge in [-0.05, 0) is 45.8 Å². The van der Waals surface area contributed by atoms with E-state index in [-0.39, 0.29) is 23.7 Å². The molecule has 0 aromatic rings. The van der Waals surface area contributed by atoms with E-state index in [1.54, 1.807) is 0 Å². The number of piperidine rings is 2. The summed E-state index contributed by atoms with van der Waals surface area (Å²) in [5.74, 6) is -0.102. The van der Waals surface area contributed by atoms with Crippen molar-refractivity contribution in [1.29, 1.82) is 5.41 Å². The van der Waals surface area contributed by atoms with Crippen LogP contribution in [-0.2, 0) is 4.79 Å². The summed E-state index contributed by atoms with van der Waals surface area (Å²) in [6.07, 6.45) is 2.85. The van der Waals surface area contributed by atoms with Gasteiger partial charge in [-0.3, -0.25) is 15.4 Å². The van der Waals surface area contributed by atoms with Crippen molar-refractivity contribution < 1.29 is 14.8 Å². The van der Waals surface area contributed by atoms with Gasteiger partial charge in [-0.25, -0.2) is 9.86 Å². The fraction of sp³-hybridized carbons (Fsp3) is 0.786. The first kappa shape index (κ1) is 15.2. The Morgan fingerprint density at radius 3 is 2.64 bits per heavy atom. The Balaban J connectivity index is 1.58. The van der Waals surface area contributed by atoms with Gasteiger partial charge >= 0.3 is 6.03 Å². The van der Waals surface area contributed by atoms with Crippen LogP contribution in [0.3, 0.4) is 0 Å². The van der Waals surface area contributed by atoms with Crippen LogP contribution in [0.4, 0.5) is 4.79 Å². The van der Waals surface area contributed by atoms with E-state index < -0.39 is 12.1 Å². The van der Waals surface area contributed by atoms with Crippen LogP contribution in [0.25, 0.3) is 0 Å². The summed E-state index contributed by atoms with van der Waals surface area (Å²) in [7, 11) is 2.04. The van der Waals surface area contributed by atoms with Gasteiger partial charge < -0.3 is 15.1 Å². The van der Waals surface area contributed by atoms with E-state index in [0.717, 1.165) is 31.0 Å². The number of carbonyl (C=O) groups is 2. The van der Waals surface area contributed by atoms with Crippen LogP contribution in [-0.4, -0.2) is 76.6 Å². The van der Waals surface area contributed by atoms with Crippen LogP contribution >= 0.6 is 0 Å². The third-order valence-electron chi connectivity index (χ3n) is 5.03. The summed E-state index contributed by atoms with van der Waals surface area (Å²) in [6.45, 7) is 2.20. The molecule has 0 unspecified atom stereocenters. The number of amidine groups is 1. The molecule has 3 rings (SSSR count). The average Bonchev–Trinajstić information content (AvgIpc) is 2.72. The van der Waals surface area contributed by atoms with Crippen molar-refractivity contribution in [3.8, 4) is 0 Å². The molecule has 22 heavy (non-hydrogen) atoms. The number of nitrogens with one attached hydrogen (secondary N) is 2. The third kappa shape index (κ3) is 2.68. The van der Waals surface area contributed by atoms with Gasteiger partial charge in [0.25, 0.3) is 0 Å². The lowest BCUT2D eigenvalue weighted by Crippen LogP contribution is -2.52. The second kappa shape index (κ2) is 5.85. The maximum Gasteiger partial charge on any atom is 0.344 e. The molecule has 8 heteroatoms. The Morgan fingerprint density at radius 2 is 1.95 bits per heavy atom. The molecular formula is C14H23N5O3. The zero-order chi connectivity index (χ0) is 15.9. The van der Waals surface area contributed by atoms with E-state index in [0.29, 0.717) is 19.4 Å². The fourth-order valence-corrected chi connectivity index (χ4v) is 3.54. The predicted molar refractivity (Wildman–Crippen MR) is 78.6 cm³/mol. The fourth-order valence-electron chi connectivity index (χ4n) is 3.54. The first-order chi connectivity index (χ1) is 10.5. The first-order valence-electron chi connectivity index (χ1n) is 7.84. The van der Waals surface area contributed by atoms with Gasteiger partial charge in [0.05, 0.1) is 12.1 Å².